The van der Waals surface area contributed by atoms with Crippen LogP contribution in [0, 0.1) is 17.7 Å². The van der Waals surface area contributed by atoms with E-state index in [9.17, 15) is 9.18 Å². The number of H-pyrrole nitrogens is 1. The monoisotopic (exact) mass is 506 g/mol. The number of rotatable bonds is 10. The second-order valence-electron chi connectivity index (χ2n) is 8.52. The van der Waals surface area contributed by atoms with Gasteiger partial charge in [0, 0.05) is 73.6 Å². The molecule has 3 aromatic rings. The number of benzene rings is 2. The molecule has 0 saturated carbocycles. The van der Waals surface area contributed by atoms with E-state index in [1.807, 2.05) is 24.4 Å². The summed E-state index contributed by atoms with van der Waals surface area (Å²) in [6.45, 7) is 6.58. The number of piperazine rings is 1. The smallest absolute Gasteiger partial charge is 0.251 e. The van der Waals surface area contributed by atoms with Gasteiger partial charge in [-0.2, -0.15) is 5.10 Å². The molecule has 0 unspecified atom stereocenters. The number of hydrogen-bond acceptors (Lipinski definition) is 6. The molecule has 4 rings (SSSR count). The van der Waals surface area contributed by atoms with Crippen LogP contribution < -0.4 is 15.4 Å². The van der Waals surface area contributed by atoms with Crippen molar-refractivity contribution < 1.29 is 9.18 Å². The molecule has 1 aromatic heterocycles. The number of aromatic nitrogens is 2. The van der Waals surface area contributed by atoms with E-state index in [4.69, 9.17) is 0 Å². The Labute approximate surface area is 215 Å². The summed E-state index contributed by atoms with van der Waals surface area (Å²) in [5, 5.41) is 13.1. The predicted molar refractivity (Wildman–Crippen MR) is 141 cm³/mol. The number of aryl methyl sites for hydroxylation is 1. The lowest BCUT2D eigenvalue weighted by Crippen LogP contribution is -2.45. The largest absolute Gasteiger partial charge is 0.352 e. The number of carbonyl (C=O) groups is 1. The summed E-state index contributed by atoms with van der Waals surface area (Å²) in [7, 11) is 0. The standard InChI is InChI=1S/C27H31FN6OS/c28-25-8-4-21(5-9-25)3-6-23-18-24(27(35)30-11-1-2-22-19-31-32-20-22)7-10-26(23)36-33-14-17-34-15-12-29-13-16-34/h4-5,7-10,18-20,29,33H,1-2,11-17H2,(H,30,35)(H,31,32). The average molecular weight is 507 g/mol. The molecule has 4 N–H and O–H groups in total. The highest BCUT2D eigenvalue weighted by molar-refractivity contribution is 7.97. The fourth-order valence-electron chi connectivity index (χ4n) is 3.81. The summed E-state index contributed by atoms with van der Waals surface area (Å²) in [4.78, 5) is 16.1. The zero-order chi connectivity index (χ0) is 25.0. The Bertz CT molecular complexity index is 1170. The van der Waals surface area contributed by atoms with Crippen molar-refractivity contribution in [2.24, 2.45) is 0 Å². The minimum Gasteiger partial charge on any atom is -0.352 e. The average Bonchev–Trinajstić information content (AvgIpc) is 3.43. The Morgan fingerprint density at radius 1 is 1.11 bits per heavy atom. The maximum Gasteiger partial charge on any atom is 0.251 e. The van der Waals surface area contributed by atoms with Crippen molar-refractivity contribution in [3.8, 4) is 11.8 Å². The molecule has 0 atom stereocenters. The molecular weight excluding hydrogens is 475 g/mol. The zero-order valence-corrected chi connectivity index (χ0v) is 21.0. The maximum atomic E-state index is 13.3. The predicted octanol–water partition coefficient (Wildman–Crippen LogP) is 2.81. The Morgan fingerprint density at radius 3 is 2.72 bits per heavy atom. The van der Waals surface area contributed by atoms with Crippen molar-refractivity contribution >= 4 is 17.9 Å². The molecule has 2 aromatic carbocycles. The molecule has 0 bridgehead atoms. The van der Waals surface area contributed by atoms with Crippen LogP contribution in [0.4, 0.5) is 4.39 Å². The normalized spacial score (nSPS) is 13.7. The Morgan fingerprint density at radius 2 is 1.94 bits per heavy atom. The Kier molecular flexibility index (Phi) is 9.94. The SMILES string of the molecule is O=C(NCCCc1cn[nH]c1)c1ccc(SNCCN2CCNCC2)c(C#Cc2ccc(F)cc2)c1. The van der Waals surface area contributed by atoms with Crippen LogP contribution in [0.25, 0.3) is 0 Å². The van der Waals surface area contributed by atoms with Gasteiger partial charge in [-0.15, -0.1) is 0 Å². The second-order valence-corrected chi connectivity index (χ2v) is 9.45. The molecule has 36 heavy (non-hydrogen) atoms. The van der Waals surface area contributed by atoms with Crippen molar-refractivity contribution in [2.75, 3.05) is 45.8 Å². The van der Waals surface area contributed by atoms with Crippen molar-refractivity contribution in [1.82, 2.24) is 30.5 Å². The van der Waals surface area contributed by atoms with E-state index in [2.05, 4.69) is 42.3 Å². The third-order valence-electron chi connectivity index (χ3n) is 5.83. The lowest BCUT2D eigenvalue weighted by molar-refractivity contribution is 0.0953. The van der Waals surface area contributed by atoms with Gasteiger partial charge in [-0.3, -0.25) is 19.5 Å². The summed E-state index contributed by atoms with van der Waals surface area (Å²) in [5.74, 6) is 5.85. The van der Waals surface area contributed by atoms with Gasteiger partial charge in [0.2, 0.25) is 0 Å². The van der Waals surface area contributed by atoms with Gasteiger partial charge in [0.25, 0.3) is 5.91 Å². The number of carbonyl (C=O) groups excluding carboxylic acids is 1. The van der Waals surface area contributed by atoms with Crippen LogP contribution in [0.3, 0.4) is 0 Å². The lowest BCUT2D eigenvalue weighted by Gasteiger charge is -2.27. The highest BCUT2D eigenvalue weighted by Gasteiger charge is 2.11. The van der Waals surface area contributed by atoms with Crippen molar-refractivity contribution in [3.05, 3.63) is 82.9 Å². The summed E-state index contributed by atoms with van der Waals surface area (Å²) >= 11 is 1.52. The van der Waals surface area contributed by atoms with Crippen LogP contribution >= 0.6 is 11.9 Å². The molecule has 2 heterocycles. The second kappa shape index (κ2) is 13.8. The molecule has 1 saturated heterocycles. The first-order chi connectivity index (χ1) is 17.7. The maximum absolute atomic E-state index is 13.3. The summed E-state index contributed by atoms with van der Waals surface area (Å²) < 4.78 is 16.7. The summed E-state index contributed by atoms with van der Waals surface area (Å²) in [5.41, 5.74) is 3.15. The molecule has 188 valence electrons. The van der Waals surface area contributed by atoms with E-state index in [0.717, 1.165) is 68.1 Å². The quantitative estimate of drug-likeness (QED) is 0.192. The summed E-state index contributed by atoms with van der Waals surface area (Å²) in [6, 6.07) is 11.7. The number of hydrogen-bond donors (Lipinski definition) is 4. The van der Waals surface area contributed by atoms with Gasteiger partial charge in [0.15, 0.2) is 0 Å². The van der Waals surface area contributed by atoms with Gasteiger partial charge in [-0.1, -0.05) is 11.8 Å². The van der Waals surface area contributed by atoms with Crippen LogP contribution in [0.1, 0.15) is 33.5 Å². The van der Waals surface area contributed by atoms with Crippen molar-refractivity contribution in [2.45, 2.75) is 17.7 Å². The van der Waals surface area contributed by atoms with Crippen LogP contribution in [0.15, 0.2) is 59.8 Å². The van der Waals surface area contributed by atoms with Crippen LogP contribution in [0.2, 0.25) is 0 Å². The number of halogens is 1. The first-order valence-electron chi connectivity index (χ1n) is 12.2. The molecule has 0 radical (unpaired) electrons. The van der Waals surface area contributed by atoms with E-state index in [1.54, 1.807) is 18.3 Å². The summed E-state index contributed by atoms with van der Waals surface area (Å²) in [6.07, 6.45) is 5.33. The number of nitrogens with one attached hydrogen (secondary N) is 4. The van der Waals surface area contributed by atoms with Crippen LogP contribution in [0.5, 0.6) is 0 Å². The fourth-order valence-corrected chi connectivity index (χ4v) is 4.51. The Balaban J connectivity index is 1.38. The molecular formula is C27H31FN6OS. The minimum atomic E-state index is -0.295. The fraction of sp³-hybridized carbons (Fsp3) is 0.333. The third-order valence-corrected chi connectivity index (χ3v) is 6.76. The molecule has 1 aliphatic rings. The Hall–Kier alpha value is -3.16. The molecule has 1 amide bonds. The number of amides is 1. The molecule has 1 fully saturated rings. The zero-order valence-electron chi connectivity index (χ0n) is 20.1. The topological polar surface area (TPSA) is 85.1 Å². The third kappa shape index (κ3) is 8.21. The lowest BCUT2D eigenvalue weighted by atomic mass is 10.1. The van der Waals surface area contributed by atoms with Gasteiger partial charge in [0.1, 0.15) is 5.82 Å². The van der Waals surface area contributed by atoms with Crippen molar-refractivity contribution in [1.29, 1.82) is 0 Å². The van der Waals surface area contributed by atoms with Crippen molar-refractivity contribution in [3.63, 3.8) is 0 Å². The van der Waals surface area contributed by atoms with Gasteiger partial charge >= 0.3 is 0 Å². The molecule has 0 spiro atoms. The van der Waals surface area contributed by atoms with E-state index >= 15 is 0 Å². The molecule has 9 heteroatoms. The number of nitrogens with zero attached hydrogens (tertiary/aromatic N) is 2. The van der Waals surface area contributed by atoms with E-state index < -0.39 is 0 Å². The molecule has 7 nitrogen and oxygen atoms in total. The van der Waals surface area contributed by atoms with Gasteiger partial charge < -0.3 is 10.6 Å². The van der Waals surface area contributed by atoms with Crippen LogP contribution in [-0.4, -0.2) is 66.8 Å². The van der Waals surface area contributed by atoms with Crippen LogP contribution in [-0.2, 0) is 6.42 Å². The first kappa shape index (κ1) is 25.9. The highest BCUT2D eigenvalue weighted by atomic mass is 32.2. The molecule has 1 aliphatic heterocycles. The van der Waals surface area contributed by atoms with E-state index in [0.29, 0.717) is 17.7 Å². The van der Waals surface area contributed by atoms with Gasteiger partial charge in [-0.05, 0) is 72.8 Å². The van der Waals surface area contributed by atoms with E-state index in [1.165, 1.54) is 24.1 Å². The number of aromatic amines is 1. The van der Waals surface area contributed by atoms with Gasteiger partial charge in [-0.25, -0.2) is 4.39 Å². The van der Waals surface area contributed by atoms with Gasteiger partial charge in [0.05, 0.1) is 6.20 Å². The molecule has 0 aliphatic carbocycles. The minimum absolute atomic E-state index is 0.129. The van der Waals surface area contributed by atoms with E-state index in [-0.39, 0.29) is 11.7 Å². The highest BCUT2D eigenvalue weighted by Crippen LogP contribution is 2.21. The first-order valence-corrected chi connectivity index (χ1v) is 13.0.